The van der Waals surface area contributed by atoms with Gasteiger partial charge in [0, 0.05) is 33.9 Å². The third-order valence-electron chi connectivity index (χ3n) is 7.37. The van der Waals surface area contributed by atoms with Crippen LogP contribution >= 0.6 is 46.3 Å². The number of aromatic nitrogens is 1. The van der Waals surface area contributed by atoms with Gasteiger partial charge in [0.25, 0.3) is 0 Å². The third kappa shape index (κ3) is 4.39. The number of carbonyl (C=O) groups excluding carboxylic acids is 3. The van der Waals surface area contributed by atoms with E-state index in [9.17, 15) is 19.2 Å². The minimum absolute atomic E-state index is 0.0779. The molecule has 3 aliphatic rings. The number of hydrogen-bond acceptors (Lipinski definition) is 6. The summed E-state index contributed by atoms with van der Waals surface area (Å²) in [7, 11) is 0. The molecule has 11 heteroatoms. The lowest BCUT2D eigenvalue weighted by atomic mass is 9.83. The molecule has 0 aliphatic carbocycles. The molecule has 6 rings (SSSR count). The Morgan fingerprint density at radius 1 is 0.868 bits per heavy atom. The molecule has 0 spiro atoms. The molecule has 0 saturated carbocycles. The van der Waals surface area contributed by atoms with E-state index in [0.29, 0.717) is 38.7 Å². The van der Waals surface area contributed by atoms with Gasteiger partial charge >= 0.3 is 4.87 Å². The standard InChI is InChI=1S/C27H23Cl2N3O4S2/c28-16-6-4-15(5-7-16)20-21-22(25(35)32(24(21)34)18-10-8-17(29)9-11-18)37-26-23(20)38-27(36)31(26)14-19(33)30-12-2-1-3-13-30/h4-11,20-22H,1-3,12-14H2/t20-,21?,22?/m0/s1. The van der Waals surface area contributed by atoms with E-state index >= 15 is 0 Å². The van der Waals surface area contributed by atoms with Gasteiger partial charge in [-0.15, -0.1) is 0 Å². The van der Waals surface area contributed by atoms with Crippen LogP contribution in [0, 0.1) is 5.92 Å². The molecule has 196 valence electrons. The van der Waals surface area contributed by atoms with Gasteiger partial charge in [-0.1, -0.05) is 58.4 Å². The van der Waals surface area contributed by atoms with Gasteiger partial charge in [-0.05, 0) is 61.2 Å². The number of anilines is 1. The van der Waals surface area contributed by atoms with Crippen molar-refractivity contribution in [3.8, 4) is 0 Å². The van der Waals surface area contributed by atoms with E-state index in [1.807, 2.05) is 12.1 Å². The number of nitrogens with zero attached hydrogens (tertiary/aromatic N) is 3. The molecule has 3 aliphatic heterocycles. The van der Waals surface area contributed by atoms with Gasteiger partial charge in [-0.3, -0.25) is 23.7 Å². The Labute approximate surface area is 237 Å². The molecular formula is C27H23Cl2N3O4S2. The number of benzene rings is 2. The van der Waals surface area contributed by atoms with Crippen molar-refractivity contribution in [3.63, 3.8) is 0 Å². The van der Waals surface area contributed by atoms with Crippen LogP contribution in [0.25, 0.3) is 0 Å². The lowest BCUT2D eigenvalue weighted by Crippen LogP contribution is -2.39. The summed E-state index contributed by atoms with van der Waals surface area (Å²) < 4.78 is 1.49. The van der Waals surface area contributed by atoms with Crippen molar-refractivity contribution in [3.05, 3.63) is 78.7 Å². The fourth-order valence-electron chi connectivity index (χ4n) is 5.51. The molecule has 7 nitrogen and oxygen atoms in total. The summed E-state index contributed by atoms with van der Waals surface area (Å²) in [6, 6.07) is 13.7. The van der Waals surface area contributed by atoms with Crippen LogP contribution in [0.1, 0.15) is 35.6 Å². The quantitative estimate of drug-likeness (QED) is 0.400. The molecule has 3 amide bonds. The van der Waals surface area contributed by atoms with Crippen molar-refractivity contribution in [2.45, 2.75) is 42.0 Å². The van der Waals surface area contributed by atoms with Crippen LogP contribution in [0.2, 0.25) is 10.0 Å². The maximum Gasteiger partial charge on any atom is 0.308 e. The highest BCUT2D eigenvalue weighted by Crippen LogP contribution is 2.54. The molecule has 38 heavy (non-hydrogen) atoms. The SMILES string of the molecule is O=C(Cn1c2c(sc1=O)[C@@H](c1ccc(Cl)cc1)C1C(=O)N(c3ccc(Cl)cc3)C(=O)C1S2)N1CCCCC1. The highest BCUT2D eigenvalue weighted by molar-refractivity contribution is 8.00. The second-order valence-corrected chi connectivity index (χ2v) is 12.6. The van der Waals surface area contributed by atoms with E-state index in [4.69, 9.17) is 23.2 Å². The van der Waals surface area contributed by atoms with Crippen molar-refractivity contribution >= 4 is 69.7 Å². The molecule has 2 unspecified atom stereocenters. The predicted molar refractivity (Wildman–Crippen MR) is 149 cm³/mol. The number of thiazole rings is 1. The summed E-state index contributed by atoms with van der Waals surface area (Å²) in [5.74, 6) is -2.00. The van der Waals surface area contributed by atoms with Gasteiger partial charge in [-0.25, -0.2) is 4.90 Å². The van der Waals surface area contributed by atoms with Crippen LogP contribution in [0.5, 0.6) is 0 Å². The normalized spacial score (nSPS) is 22.9. The number of hydrogen-bond donors (Lipinski definition) is 0. The Balaban J connectivity index is 1.43. The maximum absolute atomic E-state index is 13.9. The maximum atomic E-state index is 13.9. The summed E-state index contributed by atoms with van der Waals surface area (Å²) in [4.78, 5) is 57.4. The summed E-state index contributed by atoms with van der Waals surface area (Å²) in [6.45, 7) is 1.30. The van der Waals surface area contributed by atoms with Crippen LogP contribution in [-0.4, -0.2) is 45.5 Å². The number of fused-ring (bicyclic) bond motifs is 2. The minimum atomic E-state index is -0.739. The monoisotopic (exact) mass is 587 g/mol. The van der Waals surface area contributed by atoms with Crippen molar-refractivity contribution in [1.29, 1.82) is 0 Å². The van der Waals surface area contributed by atoms with Crippen LogP contribution in [0.4, 0.5) is 5.69 Å². The van der Waals surface area contributed by atoms with Gasteiger partial charge in [0.1, 0.15) is 11.8 Å². The molecule has 2 fully saturated rings. The zero-order valence-electron chi connectivity index (χ0n) is 20.1. The molecule has 4 heterocycles. The van der Waals surface area contributed by atoms with Crippen molar-refractivity contribution in [2.75, 3.05) is 18.0 Å². The number of piperidine rings is 1. The number of thioether (sulfide) groups is 1. The highest BCUT2D eigenvalue weighted by Gasteiger charge is 2.56. The topological polar surface area (TPSA) is 79.7 Å². The number of rotatable bonds is 4. The Hall–Kier alpha value is -2.59. The first-order valence-electron chi connectivity index (χ1n) is 12.4. The van der Waals surface area contributed by atoms with Crippen molar-refractivity contribution in [2.24, 2.45) is 5.92 Å². The molecule has 3 aromatic rings. The van der Waals surface area contributed by atoms with Gasteiger partial charge < -0.3 is 4.90 Å². The summed E-state index contributed by atoms with van der Waals surface area (Å²) >= 11 is 14.5. The predicted octanol–water partition coefficient (Wildman–Crippen LogP) is 5.02. The first kappa shape index (κ1) is 25.7. The first-order chi connectivity index (χ1) is 18.3. The van der Waals surface area contributed by atoms with Gasteiger partial charge in [0.2, 0.25) is 17.7 Å². The molecule has 0 radical (unpaired) electrons. The van der Waals surface area contributed by atoms with E-state index in [1.165, 1.54) is 21.2 Å². The van der Waals surface area contributed by atoms with E-state index in [1.54, 1.807) is 41.3 Å². The van der Waals surface area contributed by atoms with Crippen molar-refractivity contribution in [1.82, 2.24) is 9.47 Å². The average Bonchev–Trinajstić information content (AvgIpc) is 3.36. The van der Waals surface area contributed by atoms with E-state index in [-0.39, 0.29) is 29.1 Å². The van der Waals surface area contributed by atoms with Crippen LogP contribution in [0.15, 0.2) is 58.4 Å². The fourth-order valence-corrected chi connectivity index (χ4v) is 8.53. The van der Waals surface area contributed by atoms with E-state index in [0.717, 1.165) is 36.2 Å². The summed E-state index contributed by atoms with van der Waals surface area (Å²) in [5.41, 5.74) is 1.25. The third-order valence-corrected chi connectivity index (χ3v) is 10.5. The fraction of sp³-hybridized carbons (Fsp3) is 0.333. The van der Waals surface area contributed by atoms with E-state index < -0.39 is 17.1 Å². The molecule has 2 saturated heterocycles. The van der Waals surface area contributed by atoms with Gasteiger partial charge in [0.05, 0.1) is 16.6 Å². The first-order valence-corrected chi connectivity index (χ1v) is 14.9. The number of likely N-dealkylation sites (tertiary alicyclic amines) is 1. The Morgan fingerprint density at radius 2 is 1.50 bits per heavy atom. The molecule has 0 N–H and O–H groups in total. The molecule has 1 aromatic heterocycles. The number of carbonyl (C=O) groups is 3. The Bertz CT molecular complexity index is 1480. The summed E-state index contributed by atoms with van der Waals surface area (Å²) in [6.07, 6.45) is 3.01. The number of imide groups is 1. The van der Waals surface area contributed by atoms with Gasteiger partial charge in [-0.2, -0.15) is 0 Å². The molecule has 3 atom stereocenters. The van der Waals surface area contributed by atoms with Gasteiger partial charge in [0.15, 0.2) is 0 Å². The smallest absolute Gasteiger partial charge is 0.308 e. The minimum Gasteiger partial charge on any atom is -0.341 e. The van der Waals surface area contributed by atoms with Crippen LogP contribution < -0.4 is 9.77 Å². The average molecular weight is 589 g/mol. The highest BCUT2D eigenvalue weighted by atomic mass is 35.5. The zero-order valence-corrected chi connectivity index (χ0v) is 23.3. The molecular weight excluding hydrogens is 565 g/mol. The number of amides is 3. The van der Waals surface area contributed by atoms with E-state index in [2.05, 4.69) is 0 Å². The second-order valence-electron chi connectivity index (χ2n) is 9.65. The second kappa shape index (κ2) is 10.2. The van der Waals surface area contributed by atoms with Crippen molar-refractivity contribution < 1.29 is 14.4 Å². The van der Waals surface area contributed by atoms with Crippen LogP contribution in [0.3, 0.4) is 0 Å². The number of halogens is 2. The summed E-state index contributed by atoms with van der Waals surface area (Å²) in [5, 5.41) is 0.899. The largest absolute Gasteiger partial charge is 0.341 e. The Morgan fingerprint density at radius 3 is 2.16 bits per heavy atom. The Kier molecular flexibility index (Phi) is 6.88. The zero-order chi connectivity index (χ0) is 26.6. The van der Waals surface area contributed by atoms with Crippen LogP contribution in [-0.2, 0) is 20.9 Å². The lowest BCUT2D eigenvalue weighted by molar-refractivity contribution is -0.133. The molecule has 0 bridgehead atoms. The molecule has 2 aromatic carbocycles. The lowest BCUT2D eigenvalue weighted by Gasteiger charge is -2.31.